The van der Waals surface area contributed by atoms with Gasteiger partial charge in [-0.15, -0.1) is 0 Å². The number of carbonyl (C=O) groups excluding carboxylic acids is 1. The summed E-state index contributed by atoms with van der Waals surface area (Å²) < 4.78 is 5.70. The fraction of sp³-hybridized carbons (Fsp3) is 0.421. The van der Waals surface area contributed by atoms with Crippen molar-refractivity contribution in [2.24, 2.45) is 0 Å². The molecule has 1 atom stereocenters. The van der Waals surface area contributed by atoms with Crippen LogP contribution in [-0.4, -0.2) is 43.0 Å². The fourth-order valence-electron chi connectivity index (χ4n) is 3.72. The monoisotopic (exact) mass is 325 g/mol. The third-order valence-corrected chi connectivity index (χ3v) is 5.04. The molecule has 4 rings (SSSR count). The molecule has 0 spiro atoms. The van der Waals surface area contributed by atoms with Crippen molar-refractivity contribution in [1.82, 2.24) is 10.2 Å². The zero-order chi connectivity index (χ0) is 16.5. The Labute approximate surface area is 142 Å². The lowest BCUT2D eigenvalue weighted by atomic mass is 10.1. The average Bonchev–Trinajstić information content (AvgIpc) is 3.20. The fourth-order valence-corrected chi connectivity index (χ4v) is 3.72. The van der Waals surface area contributed by atoms with E-state index in [2.05, 4.69) is 41.4 Å². The molecule has 1 amide bonds. The Kier molecular flexibility index (Phi) is 4.02. The molecule has 126 valence electrons. The van der Waals surface area contributed by atoms with Gasteiger partial charge in [-0.1, -0.05) is 18.2 Å². The first-order valence-electron chi connectivity index (χ1n) is 8.65. The van der Waals surface area contributed by atoms with Crippen molar-refractivity contribution in [3.63, 3.8) is 0 Å². The summed E-state index contributed by atoms with van der Waals surface area (Å²) in [5.41, 5.74) is 3.32. The van der Waals surface area contributed by atoms with Gasteiger partial charge in [0.05, 0.1) is 18.4 Å². The Hall–Kier alpha value is -2.27. The minimum absolute atomic E-state index is 0.0837. The topological polar surface area (TPSA) is 48.7 Å². The lowest BCUT2D eigenvalue weighted by Gasteiger charge is -2.28. The molecule has 1 unspecified atom stereocenters. The van der Waals surface area contributed by atoms with E-state index >= 15 is 0 Å². The van der Waals surface area contributed by atoms with Crippen LogP contribution in [0.2, 0.25) is 0 Å². The molecule has 2 aliphatic rings. The van der Waals surface area contributed by atoms with Gasteiger partial charge in [-0.05, 0) is 31.0 Å². The number of fused-ring (bicyclic) bond motifs is 1. The molecule has 0 saturated carbocycles. The number of rotatable bonds is 3. The van der Waals surface area contributed by atoms with Crippen LogP contribution in [0.5, 0.6) is 0 Å². The SMILES string of the molecule is CC1Cc2ccccc2N1Cc1occc1C(=O)N1CCNCC1. The molecule has 3 heterocycles. The molecule has 2 aliphatic heterocycles. The second-order valence-corrected chi connectivity index (χ2v) is 6.61. The molecule has 1 aromatic heterocycles. The zero-order valence-electron chi connectivity index (χ0n) is 14.0. The van der Waals surface area contributed by atoms with Crippen molar-refractivity contribution in [1.29, 1.82) is 0 Å². The van der Waals surface area contributed by atoms with Crippen LogP contribution in [0.15, 0.2) is 41.0 Å². The summed E-state index contributed by atoms with van der Waals surface area (Å²) in [5, 5.41) is 3.28. The van der Waals surface area contributed by atoms with Crippen LogP contribution in [-0.2, 0) is 13.0 Å². The lowest BCUT2D eigenvalue weighted by Crippen LogP contribution is -2.46. The van der Waals surface area contributed by atoms with Crippen LogP contribution in [0.1, 0.15) is 28.6 Å². The van der Waals surface area contributed by atoms with Gasteiger partial charge in [-0.25, -0.2) is 0 Å². The van der Waals surface area contributed by atoms with Gasteiger partial charge in [0.2, 0.25) is 0 Å². The minimum Gasteiger partial charge on any atom is -0.467 e. The summed E-state index contributed by atoms with van der Waals surface area (Å²) in [6, 6.07) is 10.7. The van der Waals surface area contributed by atoms with Crippen molar-refractivity contribution in [2.75, 3.05) is 31.1 Å². The number of para-hydroxylation sites is 1. The molecule has 1 aromatic carbocycles. The normalized spacial score (nSPS) is 20.3. The Bertz CT molecular complexity index is 734. The van der Waals surface area contributed by atoms with Crippen LogP contribution in [0.25, 0.3) is 0 Å². The molecule has 1 N–H and O–H groups in total. The number of hydrogen-bond donors (Lipinski definition) is 1. The van der Waals surface area contributed by atoms with Crippen LogP contribution in [0.4, 0.5) is 5.69 Å². The maximum atomic E-state index is 12.8. The minimum atomic E-state index is 0.0837. The molecule has 0 aliphatic carbocycles. The molecular formula is C19H23N3O2. The summed E-state index contributed by atoms with van der Waals surface area (Å²) in [6.45, 7) is 6.09. The van der Waals surface area contributed by atoms with Crippen molar-refractivity contribution < 1.29 is 9.21 Å². The molecule has 5 heteroatoms. The molecule has 24 heavy (non-hydrogen) atoms. The average molecular weight is 325 g/mol. The van der Waals surface area contributed by atoms with E-state index in [4.69, 9.17) is 4.42 Å². The predicted molar refractivity (Wildman–Crippen MR) is 93.3 cm³/mol. The van der Waals surface area contributed by atoms with Gasteiger partial charge >= 0.3 is 0 Å². The number of benzene rings is 1. The van der Waals surface area contributed by atoms with Gasteiger partial charge in [0.25, 0.3) is 5.91 Å². The maximum Gasteiger partial charge on any atom is 0.257 e. The summed E-state index contributed by atoms with van der Waals surface area (Å²) >= 11 is 0. The van der Waals surface area contributed by atoms with E-state index in [0.717, 1.165) is 38.4 Å². The largest absolute Gasteiger partial charge is 0.467 e. The smallest absolute Gasteiger partial charge is 0.257 e. The zero-order valence-corrected chi connectivity index (χ0v) is 14.0. The van der Waals surface area contributed by atoms with Crippen molar-refractivity contribution in [3.8, 4) is 0 Å². The second-order valence-electron chi connectivity index (χ2n) is 6.61. The number of hydrogen-bond acceptors (Lipinski definition) is 4. The van der Waals surface area contributed by atoms with E-state index in [1.807, 2.05) is 11.0 Å². The number of amides is 1. The molecule has 0 bridgehead atoms. The van der Waals surface area contributed by atoms with Gasteiger partial charge in [-0.2, -0.15) is 0 Å². The van der Waals surface area contributed by atoms with Gasteiger partial charge in [0.15, 0.2) is 0 Å². The third-order valence-electron chi connectivity index (χ3n) is 5.04. The standard InChI is InChI=1S/C19H23N3O2/c1-14-12-15-4-2-3-5-17(15)22(14)13-18-16(6-11-24-18)19(23)21-9-7-20-8-10-21/h2-6,11,14,20H,7-10,12-13H2,1H3. The molecule has 0 radical (unpaired) electrons. The van der Waals surface area contributed by atoms with E-state index in [9.17, 15) is 4.79 Å². The van der Waals surface area contributed by atoms with Crippen LogP contribution < -0.4 is 10.2 Å². The van der Waals surface area contributed by atoms with E-state index < -0.39 is 0 Å². The number of piperazine rings is 1. The van der Waals surface area contributed by atoms with Gasteiger partial charge in [0, 0.05) is 37.9 Å². The number of furan rings is 1. The van der Waals surface area contributed by atoms with E-state index in [1.54, 1.807) is 6.26 Å². The summed E-state index contributed by atoms with van der Waals surface area (Å²) in [5.74, 6) is 0.850. The second kappa shape index (κ2) is 6.32. The molecule has 5 nitrogen and oxygen atoms in total. The first-order chi connectivity index (χ1) is 11.7. The van der Waals surface area contributed by atoms with Crippen LogP contribution in [0.3, 0.4) is 0 Å². The maximum absolute atomic E-state index is 12.8. The van der Waals surface area contributed by atoms with Crippen molar-refractivity contribution >= 4 is 11.6 Å². The predicted octanol–water partition coefficient (Wildman–Crippen LogP) is 2.28. The Morgan fingerprint density at radius 1 is 1.25 bits per heavy atom. The number of carbonyl (C=O) groups is 1. The number of nitrogens with zero attached hydrogens (tertiary/aromatic N) is 2. The number of nitrogens with one attached hydrogen (secondary N) is 1. The quantitative estimate of drug-likeness (QED) is 0.940. The van der Waals surface area contributed by atoms with Gasteiger partial charge in [0.1, 0.15) is 5.76 Å². The molecule has 1 saturated heterocycles. The molecular weight excluding hydrogens is 302 g/mol. The van der Waals surface area contributed by atoms with Crippen molar-refractivity contribution in [2.45, 2.75) is 25.9 Å². The molecule has 1 fully saturated rings. The van der Waals surface area contributed by atoms with Crippen molar-refractivity contribution in [3.05, 3.63) is 53.5 Å². The van der Waals surface area contributed by atoms with E-state index in [1.165, 1.54) is 11.3 Å². The van der Waals surface area contributed by atoms with Gasteiger partial charge in [-0.3, -0.25) is 4.79 Å². The summed E-state index contributed by atoms with van der Waals surface area (Å²) in [7, 11) is 0. The third kappa shape index (κ3) is 2.69. The van der Waals surface area contributed by atoms with E-state index in [-0.39, 0.29) is 5.91 Å². The summed E-state index contributed by atoms with van der Waals surface area (Å²) in [4.78, 5) is 17.0. The highest BCUT2D eigenvalue weighted by Crippen LogP contribution is 2.33. The molecule has 2 aromatic rings. The highest BCUT2D eigenvalue weighted by molar-refractivity contribution is 5.95. The van der Waals surface area contributed by atoms with Crippen LogP contribution in [0, 0.1) is 0 Å². The lowest BCUT2D eigenvalue weighted by molar-refractivity contribution is 0.0733. The first-order valence-corrected chi connectivity index (χ1v) is 8.65. The highest BCUT2D eigenvalue weighted by atomic mass is 16.3. The Morgan fingerprint density at radius 3 is 2.88 bits per heavy atom. The number of anilines is 1. The highest BCUT2D eigenvalue weighted by Gasteiger charge is 2.29. The van der Waals surface area contributed by atoms with Crippen LogP contribution >= 0.6 is 0 Å². The van der Waals surface area contributed by atoms with E-state index in [0.29, 0.717) is 18.2 Å². The summed E-state index contributed by atoms with van der Waals surface area (Å²) in [6.07, 6.45) is 2.68. The van der Waals surface area contributed by atoms with Gasteiger partial charge < -0.3 is 19.5 Å². The first kappa shape index (κ1) is 15.3. The Morgan fingerprint density at radius 2 is 2.04 bits per heavy atom. The Balaban J connectivity index is 1.56.